The average molecular weight is 339 g/mol. The lowest BCUT2D eigenvalue weighted by Gasteiger charge is -2.21. The molecule has 132 valence electrons. The lowest BCUT2D eigenvalue weighted by Crippen LogP contribution is -2.12. The van der Waals surface area contributed by atoms with E-state index < -0.39 is 6.61 Å². The maximum absolute atomic E-state index is 11.5. The van der Waals surface area contributed by atoms with Crippen LogP contribution in [0.25, 0.3) is 0 Å². The highest BCUT2D eigenvalue weighted by atomic mass is 16.3. The topological polar surface area (TPSA) is 66.7 Å². The maximum atomic E-state index is 11.5. The van der Waals surface area contributed by atoms with Crippen LogP contribution in [0, 0.1) is 4.91 Å². The van der Waals surface area contributed by atoms with Crippen LogP contribution in [-0.4, -0.2) is 24.0 Å². The number of aliphatic hydroxyl groups is 1. The van der Waals surface area contributed by atoms with Crippen molar-refractivity contribution in [3.05, 3.63) is 75.7 Å². The fourth-order valence-electron chi connectivity index (χ4n) is 2.84. The molecule has 0 bridgehead atoms. The van der Waals surface area contributed by atoms with Crippen LogP contribution >= 0.6 is 0 Å². The van der Waals surface area contributed by atoms with E-state index in [2.05, 4.69) is 50.2 Å². The molecule has 2 aromatic carbocycles. The third-order valence-electron chi connectivity index (χ3n) is 4.44. The van der Waals surface area contributed by atoms with Crippen molar-refractivity contribution in [2.75, 3.05) is 13.2 Å². The fraction of sp³-hybridized carbons (Fsp3) is 0.381. The van der Waals surface area contributed by atoms with Crippen LogP contribution in [0.3, 0.4) is 0 Å². The van der Waals surface area contributed by atoms with E-state index in [0.717, 1.165) is 11.1 Å². The van der Waals surface area contributed by atoms with E-state index in [1.807, 2.05) is 12.1 Å². The first-order chi connectivity index (χ1) is 11.8. The Morgan fingerprint density at radius 2 is 1.64 bits per heavy atom. The van der Waals surface area contributed by atoms with Crippen LogP contribution in [-0.2, 0) is 11.8 Å². The van der Waals surface area contributed by atoms with Crippen molar-refractivity contribution in [3.63, 3.8) is 0 Å². The van der Waals surface area contributed by atoms with Crippen LogP contribution in [0.15, 0.2) is 53.7 Å². The summed E-state index contributed by atoms with van der Waals surface area (Å²) >= 11 is 0. The number of hydrogen-bond donors (Lipinski definition) is 1. The Labute approximate surface area is 148 Å². The van der Waals surface area contributed by atoms with Gasteiger partial charge in [-0.15, -0.1) is 0 Å². The van der Waals surface area contributed by atoms with Gasteiger partial charge in [-0.25, -0.2) is 0 Å². The molecule has 1 atom stereocenters. The molecule has 2 rings (SSSR count). The third kappa shape index (κ3) is 5.07. The molecule has 0 saturated carbocycles. The minimum Gasteiger partial charge on any atom is -0.388 e. The molecule has 0 heterocycles. The maximum Gasteiger partial charge on any atom is 0.188 e. The van der Waals surface area contributed by atoms with E-state index in [4.69, 9.17) is 5.11 Å². The summed E-state index contributed by atoms with van der Waals surface area (Å²) in [7, 11) is 0. The third-order valence-corrected chi connectivity index (χ3v) is 4.44. The first kappa shape index (κ1) is 19.0. The number of nitrogens with zero attached hydrogens (tertiary/aromatic N) is 1. The van der Waals surface area contributed by atoms with Gasteiger partial charge in [-0.05, 0) is 28.5 Å². The second kappa shape index (κ2) is 8.17. The van der Waals surface area contributed by atoms with Crippen LogP contribution in [0.1, 0.15) is 53.7 Å². The smallest absolute Gasteiger partial charge is 0.188 e. The molecule has 2 aromatic rings. The number of carbonyl (C=O) groups excluding carboxylic acids is 1. The molecule has 0 amide bonds. The molecule has 0 saturated heterocycles. The van der Waals surface area contributed by atoms with Crippen molar-refractivity contribution in [1.29, 1.82) is 0 Å². The lowest BCUT2D eigenvalue weighted by molar-refractivity contribution is 0.0903. The molecule has 0 fully saturated rings. The van der Waals surface area contributed by atoms with Crippen molar-refractivity contribution in [1.82, 2.24) is 0 Å². The molecular weight excluding hydrogens is 314 g/mol. The SMILES string of the molecule is CC(C)(C)c1ccc(C(CN=O)Cc2ccc(C(=O)CO)cc2)cc1. The molecule has 4 nitrogen and oxygen atoms in total. The first-order valence-corrected chi connectivity index (χ1v) is 8.47. The molecule has 1 unspecified atom stereocenters. The number of benzene rings is 2. The van der Waals surface area contributed by atoms with E-state index >= 15 is 0 Å². The fourth-order valence-corrected chi connectivity index (χ4v) is 2.84. The molecule has 25 heavy (non-hydrogen) atoms. The summed E-state index contributed by atoms with van der Waals surface area (Å²) in [5.74, 6) is -0.290. The Morgan fingerprint density at radius 1 is 1.04 bits per heavy atom. The number of carbonyl (C=O) groups is 1. The molecule has 1 N–H and O–H groups in total. The highest BCUT2D eigenvalue weighted by molar-refractivity contribution is 5.96. The quantitative estimate of drug-likeness (QED) is 0.605. The molecule has 4 heteroatoms. The van der Waals surface area contributed by atoms with E-state index in [0.29, 0.717) is 12.0 Å². The Morgan fingerprint density at radius 3 is 2.12 bits per heavy atom. The van der Waals surface area contributed by atoms with Crippen molar-refractivity contribution < 1.29 is 9.90 Å². The highest BCUT2D eigenvalue weighted by Crippen LogP contribution is 2.26. The van der Waals surface area contributed by atoms with E-state index in [1.165, 1.54) is 5.56 Å². The molecule has 0 aliphatic heterocycles. The van der Waals surface area contributed by atoms with E-state index in [9.17, 15) is 9.70 Å². The molecule has 0 radical (unpaired) electrons. The standard InChI is InChI=1S/C21H25NO3/c1-21(2,3)19-10-8-16(9-11-19)18(13-22-25)12-15-4-6-17(7-5-15)20(24)14-23/h4-11,18,23H,12-14H2,1-3H3. The number of ketones is 1. The van der Waals surface area contributed by atoms with Crippen molar-refractivity contribution in [3.8, 4) is 0 Å². The Balaban J connectivity index is 2.18. The van der Waals surface area contributed by atoms with Gasteiger partial charge in [-0.1, -0.05) is 74.5 Å². The number of hydrogen-bond acceptors (Lipinski definition) is 4. The van der Waals surface area contributed by atoms with Gasteiger partial charge in [-0.2, -0.15) is 4.91 Å². The van der Waals surface area contributed by atoms with Crippen LogP contribution in [0.5, 0.6) is 0 Å². The number of Topliss-reactive ketones (excluding diaryl/α,β-unsaturated/α-hetero) is 1. The van der Waals surface area contributed by atoms with Gasteiger partial charge in [0, 0.05) is 11.5 Å². The van der Waals surface area contributed by atoms with Gasteiger partial charge >= 0.3 is 0 Å². The normalized spacial score (nSPS) is 12.6. The van der Waals surface area contributed by atoms with Gasteiger partial charge in [0.25, 0.3) is 0 Å². The molecule has 0 aliphatic rings. The number of aliphatic hydroxyl groups excluding tert-OH is 1. The summed E-state index contributed by atoms with van der Waals surface area (Å²) in [6.45, 7) is 6.23. The minimum absolute atomic E-state index is 0.00547. The number of rotatable bonds is 7. The average Bonchev–Trinajstić information content (AvgIpc) is 2.60. The first-order valence-electron chi connectivity index (χ1n) is 8.47. The van der Waals surface area contributed by atoms with Gasteiger partial charge in [0.05, 0.1) is 6.54 Å². The second-order valence-corrected chi connectivity index (χ2v) is 7.36. The molecular formula is C21H25NO3. The Hall–Kier alpha value is -2.33. The zero-order chi connectivity index (χ0) is 18.4. The minimum atomic E-state index is -0.489. The second-order valence-electron chi connectivity index (χ2n) is 7.36. The predicted molar refractivity (Wildman–Crippen MR) is 100 cm³/mol. The Bertz CT molecular complexity index is 712. The van der Waals surface area contributed by atoms with Crippen LogP contribution < -0.4 is 0 Å². The van der Waals surface area contributed by atoms with Crippen LogP contribution in [0.2, 0.25) is 0 Å². The highest BCUT2D eigenvalue weighted by Gasteiger charge is 2.17. The zero-order valence-electron chi connectivity index (χ0n) is 15.0. The van der Waals surface area contributed by atoms with Crippen LogP contribution in [0.4, 0.5) is 0 Å². The summed E-state index contributed by atoms with van der Waals surface area (Å²) in [4.78, 5) is 22.3. The van der Waals surface area contributed by atoms with Crippen molar-refractivity contribution in [2.45, 2.75) is 38.5 Å². The van der Waals surface area contributed by atoms with Crippen molar-refractivity contribution in [2.24, 2.45) is 5.18 Å². The Kier molecular flexibility index (Phi) is 6.21. The molecule has 0 aliphatic carbocycles. The summed E-state index contributed by atoms with van der Waals surface area (Å²) in [5, 5.41) is 12.0. The van der Waals surface area contributed by atoms with Gasteiger partial charge in [0.2, 0.25) is 0 Å². The zero-order valence-corrected chi connectivity index (χ0v) is 15.0. The van der Waals surface area contributed by atoms with E-state index in [1.54, 1.807) is 12.1 Å². The van der Waals surface area contributed by atoms with Gasteiger partial charge < -0.3 is 5.11 Å². The summed E-state index contributed by atoms with van der Waals surface area (Å²) in [6, 6.07) is 15.5. The summed E-state index contributed by atoms with van der Waals surface area (Å²) < 4.78 is 0. The predicted octanol–water partition coefficient (Wildman–Crippen LogP) is 4.25. The summed E-state index contributed by atoms with van der Waals surface area (Å²) in [5.41, 5.74) is 3.95. The van der Waals surface area contributed by atoms with Gasteiger partial charge in [0.15, 0.2) is 5.78 Å². The largest absolute Gasteiger partial charge is 0.388 e. The number of nitroso groups, excluding NO2 is 1. The van der Waals surface area contributed by atoms with Crippen molar-refractivity contribution >= 4 is 5.78 Å². The molecule has 0 spiro atoms. The van der Waals surface area contributed by atoms with Gasteiger partial charge in [0.1, 0.15) is 6.61 Å². The summed E-state index contributed by atoms with van der Waals surface area (Å²) in [6.07, 6.45) is 0.675. The monoisotopic (exact) mass is 339 g/mol. The van der Waals surface area contributed by atoms with E-state index in [-0.39, 0.29) is 23.7 Å². The van der Waals surface area contributed by atoms with Gasteiger partial charge in [-0.3, -0.25) is 4.79 Å². The lowest BCUT2D eigenvalue weighted by atomic mass is 9.84. The molecule has 0 aromatic heterocycles.